The first-order valence-corrected chi connectivity index (χ1v) is 6.11. The predicted molar refractivity (Wildman–Crippen MR) is 65.5 cm³/mol. The number of hydrogen-bond acceptors (Lipinski definition) is 4. The van der Waals surface area contributed by atoms with E-state index < -0.39 is 5.54 Å². The van der Waals surface area contributed by atoms with Crippen molar-refractivity contribution in [2.45, 2.75) is 38.1 Å². The minimum absolute atomic E-state index is 0.0114. The summed E-state index contributed by atoms with van der Waals surface area (Å²) in [5.41, 5.74) is -0.410. The van der Waals surface area contributed by atoms with Crippen molar-refractivity contribution >= 4 is 11.7 Å². The van der Waals surface area contributed by atoms with Crippen LogP contribution < -0.4 is 10.6 Å². The number of amides is 1. The van der Waals surface area contributed by atoms with Crippen LogP contribution in [0.4, 0.5) is 5.82 Å². The van der Waals surface area contributed by atoms with Gasteiger partial charge in [0, 0.05) is 6.20 Å². The van der Waals surface area contributed by atoms with Crippen molar-refractivity contribution in [2.75, 3.05) is 11.9 Å². The monoisotopic (exact) mass is 234 g/mol. The number of aromatic nitrogens is 2. The van der Waals surface area contributed by atoms with E-state index in [1.54, 1.807) is 18.3 Å². The molecule has 5 heteroatoms. The molecule has 0 saturated carbocycles. The van der Waals surface area contributed by atoms with E-state index in [9.17, 15) is 4.79 Å². The van der Waals surface area contributed by atoms with Crippen molar-refractivity contribution in [1.29, 1.82) is 0 Å². The van der Waals surface area contributed by atoms with E-state index in [1.807, 2.05) is 0 Å². The molecule has 0 aliphatic carbocycles. The van der Waals surface area contributed by atoms with E-state index >= 15 is 0 Å². The Balaban J connectivity index is 2.07. The van der Waals surface area contributed by atoms with E-state index in [0.29, 0.717) is 5.82 Å². The molecule has 1 atom stereocenters. The summed E-state index contributed by atoms with van der Waals surface area (Å²) >= 11 is 0. The van der Waals surface area contributed by atoms with Gasteiger partial charge >= 0.3 is 0 Å². The van der Waals surface area contributed by atoms with Crippen LogP contribution in [0.2, 0.25) is 0 Å². The molecule has 0 aromatic carbocycles. The van der Waals surface area contributed by atoms with Crippen molar-refractivity contribution in [3.05, 3.63) is 18.3 Å². The van der Waals surface area contributed by atoms with Gasteiger partial charge in [0.2, 0.25) is 5.91 Å². The fraction of sp³-hybridized carbons (Fsp3) is 0.583. The largest absolute Gasteiger partial charge is 0.308 e. The minimum atomic E-state index is -0.410. The molecule has 2 rings (SSSR count). The van der Waals surface area contributed by atoms with Crippen molar-refractivity contribution in [3.8, 4) is 0 Å². The first-order valence-electron chi connectivity index (χ1n) is 6.11. The molecule has 2 N–H and O–H groups in total. The lowest BCUT2D eigenvalue weighted by molar-refractivity contribution is -0.122. The summed E-state index contributed by atoms with van der Waals surface area (Å²) in [4.78, 5) is 12.3. The highest BCUT2D eigenvalue weighted by Gasteiger charge is 2.39. The van der Waals surface area contributed by atoms with Gasteiger partial charge in [-0.2, -0.15) is 5.10 Å². The van der Waals surface area contributed by atoms with Crippen molar-refractivity contribution in [3.63, 3.8) is 0 Å². The minimum Gasteiger partial charge on any atom is -0.308 e. The van der Waals surface area contributed by atoms with Gasteiger partial charge in [-0.3, -0.25) is 4.79 Å². The summed E-state index contributed by atoms with van der Waals surface area (Å²) in [7, 11) is 0. The lowest BCUT2D eigenvalue weighted by atomic mass is 9.91. The lowest BCUT2D eigenvalue weighted by Crippen LogP contribution is -2.50. The maximum atomic E-state index is 12.3. The number of nitrogens with one attached hydrogen (secondary N) is 2. The zero-order valence-corrected chi connectivity index (χ0v) is 10.1. The summed E-state index contributed by atoms with van der Waals surface area (Å²) in [6.45, 7) is 3.01. The third-order valence-corrected chi connectivity index (χ3v) is 3.17. The highest BCUT2D eigenvalue weighted by atomic mass is 16.2. The van der Waals surface area contributed by atoms with Crippen LogP contribution >= 0.6 is 0 Å². The van der Waals surface area contributed by atoms with Gasteiger partial charge in [0.15, 0.2) is 5.82 Å². The van der Waals surface area contributed by atoms with E-state index in [4.69, 9.17) is 0 Å². The van der Waals surface area contributed by atoms with Crippen LogP contribution in [0.5, 0.6) is 0 Å². The molecule has 1 unspecified atom stereocenters. The molecule has 1 aliphatic heterocycles. The zero-order chi connectivity index (χ0) is 12.1. The molecule has 0 radical (unpaired) electrons. The molecule has 1 aromatic rings. The number of anilines is 1. The van der Waals surface area contributed by atoms with Crippen molar-refractivity contribution in [1.82, 2.24) is 15.5 Å². The van der Waals surface area contributed by atoms with E-state index in [2.05, 4.69) is 27.8 Å². The van der Waals surface area contributed by atoms with Gasteiger partial charge in [0.05, 0.1) is 5.54 Å². The Morgan fingerprint density at radius 3 is 3.12 bits per heavy atom. The highest BCUT2D eigenvalue weighted by Crippen LogP contribution is 2.26. The molecule has 92 valence electrons. The van der Waals surface area contributed by atoms with Crippen LogP contribution in [-0.2, 0) is 4.79 Å². The van der Waals surface area contributed by atoms with Gasteiger partial charge in [-0.1, -0.05) is 13.3 Å². The Kier molecular flexibility index (Phi) is 3.68. The number of rotatable bonds is 4. The molecular formula is C12H18N4O. The molecule has 5 nitrogen and oxygen atoms in total. The lowest BCUT2D eigenvalue weighted by Gasteiger charge is -2.27. The van der Waals surface area contributed by atoms with Crippen LogP contribution in [0, 0.1) is 0 Å². The SMILES string of the molecule is CCCC1(C(=O)Nc2cccnn2)CCCN1. The van der Waals surface area contributed by atoms with E-state index in [0.717, 1.165) is 32.2 Å². The topological polar surface area (TPSA) is 66.9 Å². The standard InChI is InChI=1S/C12H18N4O/c1-2-6-12(7-4-8-13-12)11(17)15-10-5-3-9-14-16-10/h3,5,9,13H,2,4,6-8H2,1H3,(H,15,16,17). The van der Waals surface area contributed by atoms with Gasteiger partial charge in [-0.15, -0.1) is 5.10 Å². The summed E-state index contributed by atoms with van der Waals surface area (Å²) in [5, 5.41) is 13.8. The molecule has 0 bridgehead atoms. The number of carbonyl (C=O) groups is 1. The van der Waals surface area contributed by atoms with E-state index in [1.165, 1.54) is 0 Å². The third-order valence-electron chi connectivity index (χ3n) is 3.17. The molecule has 0 spiro atoms. The normalized spacial score (nSPS) is 23.6. The quantitative estimate of drug-likeness (QED) is 0.825. The highest BCUT2D eigenvalue weighted by molar-refractivity contribution is 5.97. The number of nitrogens with zero attached hydrogens (tertiary/aromatic N) is 2. The van der Waals surface area contributed by atoms with Crippen molar-refractivity contribution < 1.29 is 4.79 Å². The Morgan fingerprint density at radius 1 is 1.65 bits per heavy atom. The molecular weight excluding hydrogens is 216 g/mol. The summed E-state index contributed by atoms with van der Waals surface area (Å²) in [6.07, 6.45) is 5.38. The van der Waals surface area contributed by atoms with Gasteiger partial charge in [-0.25, -0.2) is 0 Å². The first-order chi connectivity index (χ1) is 8.27. The van der Waals surface area contributed by atoms with Crippen molar-refractivity contribution in [2.24, 2.45) is 0 Å². The van der Waals surface area contributed by atoms with Gasteiger partial charge in [0.1, 0.15) is 0 Å². The Labute approximate surface area is 101 Å². The maximum Gasteiger partial charge on any atom is 0.245 e. The van der Waals surface area contributed by atoms with Crippen LogP contribution in [0.15, 0.2) is 18.3 Å². The molecule has 1 fully saturated rings. The molecule has 1 amide bonds. The second-order valence-electron chi connectivity index (χ2n) is 4.43. The molecule has 17 heavy (non-hydrogen) atoms. The summed E-state index contributed by atoms with van der Waals surface area (Å²) < 4.78 is 0. The van der Waals surface area contributed by atoms with Gasteiger partial charge in [-0.05, 0) is 37.9 Å². The van der Waals surface area contributed by atoms with Crippen LogP contribution in [-0.4, -0.2) is 28.2 Å². The van der Waals surface area contributed by atoms with Crippen LogP contribution in [0.1, 0.15) is 32.6 Å². The number of hydrogen-bond donors (Lipinski definition) is 2. The second-order valence-corrected chi connectivity index (χ2v) is 4.43. The summed E-state index contributed by atoms with van der Waals surface area (Å²) in [5.74, 6) is 0.527. The fourth-order valence-corrected chi connectivity index (χ4v) is 2.36. The Bertz CT molecular complexity index is 373. The zero-order valence-electron chi connectivity index (χ0n) is 10.1. The first kappa shape index (κ1) is 12.0. The van der Waals surface area contributed by atoms with Gasteiger partial charge in [0.25, 0.3) is 0 Å². The number of carbonyl (C=O) groups excluding carboxylic acids is 1. The van der Waals surface area contributed by atoms with Gasteiger partial charge < -0.3 is 10.6 Å². The molecule has 1 aliphatic rings. The smallest absolute Gasteiger partial charge is 0.245 e. The molecule has 1 saturated heterocycles. The van der Waals surface area contributed by atoms with Crippen LogP contribution in [0.3, 0.4) is 0 Å². The Morgan fingerprint density at radius 2 is 2.53 bits per heavy atom. The Hall–Kier alpha value is -1.49. The maximum absolute atomic E-state index is 12.3. The average Bonchev–Trinajstić information content (AvgIpc) is 2.81. The molecule has 1 aromatic heterocycles. The third kappa shape index (κ3) is 2.61. The van der Waals surface area contributed by atoms with E-state index in [-0.39, 0.29) is 5.91 Å². The molecule has 2 heterocycles. The second kappa shape index (κ2) is 5.23. The average molecular weight is 234 g/mol. The fourth-order valence-electron chi connectivity index (χ4n) is 2.36. The summed E-state index contributed by atoms with van der Waals surface area (Å²) in [6, 6.07) is 3.51. The predicted octanol–water partition coefficient (Wildman–Crippen LogP) is 1.34. The van der Waals surface area contributed by atoms with Crippen LogP contribution in [0.25, 0.3) is 0 Å².